The van der Waals surface area contributed by atoms with Gasteiger partial charge in [0.25, 0.3) is 5.56 Å². The zero-order chi connectivity index (χ0) is 24.6. The van der Waals surface area contributed by atoms with Crippen LogP contribution < -0.4 is 15.8 Å². The highest BCUT2D eigenvalue weighted by Crippen LogP contribution is 2.34. The van der Waals surface area contributed by atoms with Crippen molar-refractivity contribution in [2.24, 2.45) is 0 Å². The molecule has 0 radical (unpaired) electrons. The molecule has 3 aromatic heterocycles. The highest BCUT2D eigenvalue weighted by atomic mass is 19.1. The van der Waals surface area contributed by atoms with Crippen LogP contribution in [-0.2, 0) is 4.74 Å². The first-order chi connectivity index (χ1) is 17.6. The van der Waals surface area contributed by atoms with Crippen LogP contribution in [0.5, 0.6) is 0 Å². The Morgan fingerprint density at radius 2 is 1.94 bits per heavy atom. The second-order valence-corrected chi connectivity index (χ2v) is 8.87. The van der Waals surface area contributed by atoms with Crippen LogP contribution >= 0.6 is 0 Å². The number of aromatic amines is 2. The first kappa shape index (κ1) is 22.2. The number of halogens is 1. The van der Waals surface area contributed by atoms with Gasteiger partial charge >= 0.3 is 0 Å². The van der Waals surface area contributed by atoms with Crippen molar-refractivity contribution < 1.29 is 9.13 Å². The molecule has 1 saturated heterocycles. The number of aromatic nitrogens is 4. The Morgan fingerprint density at radius 1 is 1.08 bits per heavy atom. The summed E-state index contributed by atoms with van der Waals surface area (Å²) in [4.78, 5) is 30.8. The van der Waals surface area contributed by atoms with E-state index in [1.165, 1.54) is 6.07 Å². The van der Waals surface area contributed by atoms with Gasteiger partial charge < -0.3 is 24.9 Å². The van der Waals surface area contributed by atoms with Crippen molar-refractivity contribution in [1.29, 1.82) is 0 Å². The van der Waals surface area contributed by atoms with E-state index in [0.29, 0.717) is 35.7 Å². The fourth-order valence-electron chi connectivity index (χ4n) is 4.72. The molecule has 0 spiro atoms. The number of nitrogens with one attached hydrogen (secondary N) is 3. The van der Waals surface area contributed by atoms with E-state index >= 15 is 0 Å². The second kappa shape index (κ2) is 9.09. The Balaban J connectivity index is 1.49. The van der Waals surface area contributed by atoms with Gasteiger partial charge in [0.05, 0.1) is 47.2 Å². The van der Waals surface area contributed by atoms with Crippen molar-refractivity contribution in [1.82, 2.24) is 19.9 Å². The molecule has 1 aliphatic rings. The van der Waals surface area contributed by atoms with Crippen LogP contribution in [0.1, 0.15) is 18.7 Å². The SMILES string of the molecule is C[C@H](Nc1c(-c2nc3ccc(N4CCOCC4)cc3[nH]2)c(=O)[nH]c2c(F)cccc12)c1ccccn1. The van der Waals surface area contributed by atoms with E-state index in [1.807, 2.05) is 43.3 Å². The number of para-hydroxylation sites is 1. The summed E-state index contributed by atoms with van der Waals surface area (Å²) >= 11 is 0. The molecular formula is C27H25FN6O2. The van der Waals surface area contributed by atoms with Crippen molar-refractivity contribution in [3.05, 3.63) is 82.7 Å². The molecule has 0 unspecified atom stereocenters. The van der Waals surface area contributed by atoms with E-state index in [0.717, 1.165) is 35.5 Å². The third kappa shape index (κ3) is 3.97. The number of fused-ring (bicyclic) bond motifs is 2. The van der Waals surface area contributed by atoms with Crippen molar-refractivity contribution in [2.75, 3.05) is 36.5 Å². The number of rotatable bonds is 5. The van der Waals surface area contributed by atoms with Crippen LogP contribution in [0.25, 0.3) is 33.3 Å². The molecule has 0 bridgehead atoms. The molecule has 36 heavy (non-hydrogen) atoms. The topological polar surface area (TPSA) is 98.9 Å². The molecule has 8 nitrogen and oxygen atoms in total. The van der Waals surface area contributed by atoms with Crippen LogP contribution in [0.15, 0.2) is 65.6 Å². The molecule has 0 aliphatic carbocycles. The first-order valence-corrected chi connectivity index (χ1v) is 11.9. The fourth-order valence-corrected chi connectivity index (χ4v) is 4.72. The molecule has 9 heteroatoms. The predicted octanol–water partition coefficient (Wildman–Crippen LogP) is 4.62. The van der Waals surface area contributed by atoms with Crippen molar-refractivity contribution in [3.8, 4) is 11.4 Å². The summed E-state index contributed by atoms with van der Waals surface area (Å²) in [6.45, 7) is 4.98. The normalized spacial score (nSPS) is 14.9. The molecule has 1 fully saturated rings. The number of anilines is 2. The van der Waals surface area contributed by atoms with Gasteiger partial charge in [-0.3, -0.25) is 9.78 Å². The molecule has 182 valence electrons. The number of morpholine rings is 1. The minimum absolute atomic E-state index is 0.146. The lowest BCUT2D eigenvalue weighted by atomic mass is 10.1. The minimum Gasteiger partial charge on any atom is -0.378 e. The maximum atomic E-state index is 14.7. The summed E-state index contributed by atoms with van der Waals surface area (Å²) in [5.74, 6) is -0.0864. The van der Waals surface area contributed by atoms with Gasteiger partial charge in [0.2, 0.25) is 0 Å². The largest absolute Gasteiger partial charge is 0.378 e. The average molecular weight is 485 g/mol. The van der Waals surface area contributed by atoms with E-state index in [-0.39, 0.29) is 11.6 Å². The lowest BCUT2D eigenvalue weighted by Crippen LogP contribution is -2.36. The second-order valence-electron chi connectivity index (χ2n) is 8.87. The number of hydrogen-bond acceptors (Lipinski definition) is 6. The maximum Gasteiger partial charge on any atom is 0.261 e. The molecular weight excluding hydrogens is 459 g/mol. The summed E-state index contributed by atoms with van der Waals surface area (Å²) in [7, 11) is 0. The highest BCUT2D eigenvalue weighted by molar-refractivity contribution is 5.99. The Labute approximate surface area is 206 Å². The number of hydrogen-bond donors (Lipinski definition) is 3. The lowest BCUT2D eigenvalue weighted by molar-refractivity contribution is 0.122. The smallest absolute Gasteiger partial charge is 0.261 e. The standard InChI is InChI=1S/C27H25FN6O2/c1-16(20-7-2-3-10-29-20)30-25-18-5-4-6-19(28)24(18)33-27(35)23(25)26-31-21-9-8-17(15-22(21)32-26)34-11-13-36-14-12-34/h2-10,15-16H,11-14H2,1H3,(H,31,32)(H2,30,33,35)/t16-/m0/s1. The van der Waals surface area contributed by atoms with Gasteiger partial charge in [0.15, 0.2) is 0 Å². The number of H-pyrrole nitrogens is 2. The van der Waals surface area contributed by atoms with Crippen molar-refractivity contribution in [2.45, 2.75) is 13.0 Å². The summed E-state index contributed by atoms with van der Waals surface area (Å²) in [5.41, 5.74) is 3.95. The molecule has 2 aromatic carbocycles. The zero-order valence-electron chi connectivity index (χ0n) is 19.7. The summed E-state index contributed by atoms with van der Waals surface area (Å²) in [5, 5.41) is 3.97. The molecule has 0 saturated carbocycles. The van der Waals surface area contributed by atoms with Crippen LogP contribution in [0, 0.1) is 5.82 Å². The van der Waals surface area contributed by atoms with E-state index in [1.54, 1.807) is 18.3 Å². The average Bonchev–Trinajstić information content (AvgIpc) is 3.33. The number of imidazole rings is 1. The minimum atomic E-state index is -0.496. The first-order valence-electron chi connectivity index (χ1n) is 11.9. The van der Waals surface area contributed by atoms with E-state index < -0.39 is 11.4 Å². The van der Waals surface area contributed by atoms with Crippen LogP contribution in [0.2, 0.25) is 0 Å². The maximum absolute atomic E-state index is 14.7. The Morgan fingerprint density at radius 3 is 2.75 bits per heavy atom. The summed E-state index contributed by atoms with van der Waals surface area (Å²) < 4.78 is 20.1. The predicted molar refractivity (Wildman–Crippen MR) is 139 cm³/mol. The van der Waals surface area contributed by atoms with Crippen LogP contribution in [0.3, 0.4) is 0 Å². The van der Waals surface area contributed by atoms with E-state index in [4.69, 9.17) is 9.72 Å². The third-order valence-corrected chi connectivity index (χ3v) is 6.57. The Hall–Kier alpha value is -4.24. The van der Waals surface area contributed by atoms with Gasteiger partial charge in [-0.05, 0) is 43.3 Å². The monoisotopic (exact) mass is 484 g/mol. The highest BCUT2D eigenvalue weighted by Gasteiger charge is 2.22. The van der Waals surface area contributed by atoms with Crippen LogP contribution in [-0.4, -0.2) is 46.2 Å². The van der Waals surface area contributed by atoms with Gasteiger partial charge in [-0.1, -0.05) is 18.2 Å². The molecule has 1 aliphatic heterocycles. The fraction of sp³-hybridized carbons (Fsp3) is 0.222. The van der Waals surface area contributed by atoms with Gasteiger partial charge in [-0.2, -0.15) is 0 Å². The molecule has 4 heterocycles. The van der Waals surface area contributed by atoms with Gasteiger partial charge in [0, 0.05) is 30.4 Å². The number of ether oxygens (including phenoxy) is 1. The van der Waals surface area contributed by atoms with Gasteiger partial charge in [-0.25, -0.2) is 9.37 Å². The number of benzene rings is 2. The van der Waals surface area contributed by atoms with Crippen LogP contribution in [0.4, 0.5) is 15.8 Å². The van der Waals surface area contributed by atoms with Gasteiger partial charge in [-0.15, -0.1) is 0 Å². The Bertz CT molecular complexity index is 1610. The van der Waals surface area contributed by atoms with Crippen molar-refractivity contribution >= 4 is 33.3 Å². The van der Waals surface area contributed by atoms with Gasteiger partial charge in [0.1, 0.15) is 17.2 Å². The van der Waals surface area contributed by atoms with E-state index in [2.05, 4.69) is 25.2 Å². The van der Waals surface area contributed by atoms with Crippen molar-refractivity contribution in [3.63, 3.8) is 0 Å². The molecule has 5 aromatic rings. The Kier molecular flexibility index (Phi) is 5.61. The quantitative estimate of drug-likeness (QED) is 0.337. The lowest BCUT2D eigenvalue weighted by Gasteiger charge is -2.28. The van der Waals surface area contributed by atoms with E-state index in [9.17, 15) is 9.18 Å². The zero-order valence-corrected chi connectivity index (χ0v) is 19.7. The number of nitrogens with zero attached hydrogens (tertiary/aromatic N) is 3. The summed E-state index contributed by atoms with van der Waals surface area (Å²) in [6, 6.07) is 16.2. The molecule has 0 amide bonds. The summed E-state index contributed by atoms with van der Waals surface area (Å²) in [6.07, 6.45) is 1.72. The molecule has 6 rings (SSSR count). The number of pyridine rings is 2. The molecule has 3 N–H and O–H groups in total. The third-order valence-electron chi connectivity index (χ3n) is 6.57. The molecule has 1 atom stereocenters.